The summed E-state index contributed by atoms with van der Waals surface area (Å²) in [6, 6.07) is 2.34. The molecule has 0 aromatic heterocycles. The highest BCUT2D eigenvalue weighted by Gasteiger charge is 2.04. The van der Waals surface area contributed by atoms with E-state index in [9.17, 15) is 13.6 Å². The van der Waals surface area contributed by atoms with Crippen LogP contribution in [0.5, 0.6) is 0 Å². The summed E-state index contributed by atoms with van der Waals surface area (Å²) >= 11 is 0. The molecule has 0 aliphatic carbocycles. The molecule has 14 heavy (non-hydrogen) atoms. The van der Waals surface area contributed by atoms with Crippen LogP contribution in [0.4, 0.5) is 19.3 Å². The van der Waals surface area contributed by atoms with Gasteiger partial charge in [0.05, 0.1) is 7.11 Å². The van der Waals surface area contributed by atoms with E-state index in [2.05, 4.69) is 10.2 Å². The predicted octanol–water partition coefficient (Wildman–Crippen LogP) is 1.65. The third-order valence-electron chi connectivity index (χ3n) is 1.37. The smallest absolute Gasteiger partial charge is 0.306 e. The first-order valence-electron chi connectivity index (χ1n) is 3.68. The zero-order chi connectivity index (χ0) is 10.6. The van der Waals surface area contributed by atoms with E-state index in [4.69, 9.17) is 0 Å². The molecule has 0 bridgehead atoms. The van der Waals surface area contributed by atoms with Crippen molar-refractivity contribution >= 4 is 11.7 Å². The molecule has 0 radical (unpaired) electrons. The van der Waals surface area contributed by atoms with Gasteiger partial charge in [0.15, 0.2) is 11.6 Å². The molecule has 0 saturated carbocycles. The molecule has 0 heterocycles. The lowest BCUT2D eigenvalue weighted by Gasteiger charge is -2.05. The zero-order valence-corrected chi connectivity index (χ0v) is 7.30. The van der Waals surface area contributed by atoms with Gasteiger partial charge in [0.2, 0.25) is 0 Å². The van der Waals surface area contributed by atoms with Crippen LogP contribution < -0.4 is 10.8 Å². The molecule has 0 unspecified atom stereocenters. The minimum atomic E-state index is -1.03. The number of anilines is 1. The van der Waals surface area contributed by atoms with Crippen LogP contribution in [0.25, 0.3) is 0 Å². The summed E-state index contributed by atoms with van der Waals surface area (Å²) in [4.78, 5) is 15.1. The molecular formula is C8H8F2N2O2. The Kier molecular flexibility index (Phi) is 3.35. The molecule has 0 saturated heterocycles. The van der Waals surface area contributed by atoms with Crippen molar-refractivity contribution in [1.29, 1.82) is 0 Å². The number of benzene rings is 1. The molecule has 2 amide bonds. The van der Waals surface area contributed by atoms with Crippen LogP contribution in [0.15, 0.2) is 18.2 Å². The number of hydrogen-bond donors (Lipinski definition) is 2. The van der Waals surface area contributed by atoms with Gasteiger partial charge in [-0.2, -0.15) is 0 Å². The SMILES string of the molecule is CONC(=O)Nc1ccc(F)c(F)c1. The fourth-order valence-electron chi connectivity index (χ4n) is 0.823. The number of rotatable bonds is 2. The Balaban J connectivity index is 2.68. The van der Waals surface area contributed by atoms with Crippen LogP contribution in [-0.4, -0.2) is 13.1 Å². The number of amides is 2. The number of hydrogen-bond acceptors (Lipinski definition) is 2. The van der Waals surface area contributed by atoms with Gasteiger partial charge in [0.25, 0.3) is 0 Å². The zero-order valence-electron chi connectivity index (χ0n) is 7.30. The van der Waals surface area contributed by atoms with E-state index >= 15 is 0 Å². The largest absolute Gasteiger partial charge is 0.343 e. The predicted molar refractivity (Wildman–Crippen MR) is 45.5 cm³/mol. The fraction of sp³-hybridized carbons (Fsp3) is 0.125. The van der Waals surface area contributed by atoms with Gasteiger partial charge < -0.3 is 5.32 Å². The highest BCUT2D eigenvalue weighted by atomic mass is 19.2. The molecule has 1 aromatic rings. The summed E-state index contributed by atoms with van der Waals surface area (Å²) in [5.74, 6) is -2.00. The van der Waals surface area contributed by atoms with Crippen LogP contribution in [0.1, 0.15) is 0 Å². The summed E-state index contributed by atoms with van der Waals surface area (Å²) in [7, 11) is 1.25. The number of nitrogens with one attached hydrogen (secondary N) is 2. The second-order valence-electron chi connectivity index (χ2n) is 2.39. The molecule has 1 aromatic carbocycles. The van der Waals surface area contributed by atoms with Crippen LogP contribution in [0, 0.1) is 11.6 Å². The molecule has 0 spiro atoms. The van der Waals surface area contributed by atoms with Crippen LogP contribution >= 0.6 is 0 Å². The molecule has 0 atom stereocenters. The van der Waals surface area contributed by atoms with Crippen molar-refractivity contribution in [3.05, 3.63) is 29.8 Å². The van der Waals surface area contributed by atoms with E-state index in [-0.39, 0.29) is 5.69 Å². The number of halogens is 2. The minimum Gasteiger partial charge on any atom is -0.306 e. The summed E-state index contributed by atoms with van der Waals surface area (Å²) in [6.45, 7) is 0. The maximum Gasteiger partial charge on any atom is 0.343 e. The van der Waals surface area contributed by atoms with Gasteiger partial charge in [-0.25, -0.2) is 19.1 Å². The van der Waals surface area contributed by atoms with Gasteiger partial charge in [-0.05, 0) is 12.1 Å². The quantitative estimate of drug-likeness (QED) is 0.716. The van der Waals surface area contributed by atoms with Gasteiger partial charge in [-0.3, -0.25) is 4.84 Å². The van der Waals surface area contributed by atoms with Gasteiger partial charge in [-0.15, -0.1) is 0 Å². The molecule has 0 fully saturated rings. The van der Waals surface area contributed by atoms with Crippen LogP contribution in [0.3, 0.4) is 0 Å². The molecule has 0 aliphatic heterocycles. The van der Waals surface area contributed by atoms with Gasteiger partial charge in [-0.1, -0.05) is 0 Å². The normalized spacial score (nSPS) is 9.64. The van der Waals surface area contributed by atoms with Crippen molar-refractivity contribution in [3.8, 4) is 0 Å². The fourth-order valence-corrected chi connectivity index (χ4v) is 0.823. The third kappa shape index (κ3) is 2.67. The Morgan fingerprint density at radius 1 is 1.36 bits per heavy atom. The standard InChI is InChI=1S/C8H8F2N2O2/c1-14-12-8(13)11-5-2-3-6(9)7(10)4-5/h2-4H,1H3,(H2,11,12,13). The van der Waals surface area contributed by atoms with E-state index in [1.807, 2.05) is 5.48 Å². The Hall–Kier alpha value is -1.69. The number of carbonyl (C=O) groups is 1. The Bertz CT molecular complexity index is 344. The van der Waals surface area contributed by atoms with E-state index in [0.717, 1.165) is 12.1 Å². The van der Waals surface area contributed by atoms with E-state index in [0.29, 0.717) is 0 Å². The van der Waals surface area contributed by atoms with Crippen molar-refractivity contribution < 1.29 is 18.4 Å². The maximum absolute atomic E-state index is 12.6. The Morgan fingerprint density at radius 3 is 2.64 bits per heavy atom. The third-order valence-corrected chi connectivity index (χ3v) is 1.37. The average molecular weight is 202 g/mol. The van der Waals surface area contributed by atoms with Crippen LogP contribution in [-0.2, 0) is 4.84 Å². The molecule has 2 N–H and O–H groups in total. The first kappa shape index (κ1) is 10.4. The topological polar surface area (TPSA) is 50.4 Å². The van der Waals surface area contributed by atoms with E-state index < -0.39 is 17.7 Å². The van der Waals surface area contributed by atoms with E-state index in [1.165, 1.54) is 13.2 Å². The van der Waals surface area contributed by atoms with Crippen molar-refractivity contribution in [2.45, 2.75) is 0 Å². The maximum atomic E-state index is 12.6. The van der Waals surface area contributed by atoms with Crippen molar-refractivity contribution in [2.75, 3.05) is 12.4 Å². The van der Waals surface area contributed by atoms with Gasteiger partial charge >= 0.3 is 6.03 Å². The number of hydroxylamine groups is 1. The highest BCUT2D eigenvalue weighted by molar-refractivity contribution is 5.88. The first-order valence-corrected chi connectivity index (χ1v) is 3.68. The monoisotopic (exact) mass is 202 g/mol. The summed E-state index contributed by atoms with van der Waals surface area (Å²) in [5, 5.41) is 2.23. The van der Waals surface area contributed by atoms with Crippen molar-refractivity contribution in [3.63, 3.8) is 0 Å². The highest BCUT2D eigenvalue weighted by Crippen LogP contribution is 2.12. The van der Waals surface area contributed by atoms with Gasteiger partial charge in [0, 0.05) is 11.8 Å². The molecular weight excluding hydrogens is 194 g/mol. The lowest BCUT2D eigenvalue weighted by atomic mass is 10.3. The molecule has 4 nitrogen and oxygen atoms in total. The summed E-state index contributed by atoms with van der Waals surface area (Å²) < 4.78 is 25.1. The number of urea groups is 1. The second-order valence-corrected chi connectivity index (χ2v) is 2.39. The first-order chi connectivity index (χ1) is 6.63. The van der Waals surface area contributed by atoms with E-state index in [1.54, 1.807) is 0 Å². The van der Waals surface area contributed by atoms with Crippen molar-refractivity contribution in [2.24, 2.45) is 0 Å². The Labute approximate surface area is 78.8 Å². The number of carbonyl (C=O) groups excluding carboxylic acids is 1. The van der Waals surface area contributed by atoms with Crippen molar-refractivity contribution in [1.82, 2.24) is 5.48 Å². The van der Waals surface area contributed by atoms with Crippen LogP contribution in [0.2, 0.25) is 0 Å². The van der Waals surface area contributed by atoms with Gasteiger partial charge in [0.1, 0.15) is 0 Å². The lowest BCUT2D eigenvalue weighted by Crippen LogP contribution is -2.27. The summed E-state index contributed by atoms with van der Waals surface area (Å²) in [6.07, 6.45) is 0. The lowest BCUT2D eigenvalue weighted by molar-refractivity contribution is 0.114. The second kappa shape index (κ2) is 4.52. The molecule has 0 aliphatic rings. The minimum absolute atomic E-state index is 0.137. The molecule has 6 heteroatoms. The molecule has 76 valence electrons. The molecule has 1 rings (SSSR count). The average Bonchev–Trinajstić information content (AvgIpc) is 2.12. The summed E-state index contributed by atoms with van der Waals surface area (Å²) in [5.41, 5.74) is 2.10. The Morgan fingerprint density at radius 2 is 2.07 bits per heavy atom.